The highest BCUT2D eigenvalue weighted by atomic mass is 79.9. The fourth-order valence-corrected chi connectivity index (χ4v) is 2.62. The van der Waals surface area contributed by atoms with Gasteiger partial charge in [-0.2, -0.15) is 9.97 Å². The van der Waals surface area contributed by atoms with Gasteiger partial charge in [-0.25, -0.2) is 0 Å². The van der Waals surface area contributed by atoms with Crippen LogP contribution in [0.2, 0.25) is 0 Å². The van der Waals surface area contributed by atoms with E-state index in [9.17, 15) is 0 Å². The van der Waals surface area contributed by atoms with Crippen LogP contribution in [-0.2, 0) is 6.54 Å². The normalized spacial score (nSPS) is 10.3. The fraction of sp³-hybridized carbons (Fsp3) is 0.111. The number of nitrogens with two attached hydrogens (primary N) is 2. The van der Waals surface area contributed by atoms with Crippen LogP contribution in [0.25, 0.3) is 0 Å². The van der Waals surface area contributed by atoms with Crippen molar-refractivity contribution in [2.75, 3.05) is 16.8 Å². The Labute approximate surface area is 105 Å². The van der Waals surface area contributed by atoms with Crippen LogP contribution < -0.4 is 16.8 Å². The number of nitrogen functional groups attached to an aromatic ring is 2. The van der Waals surface area contributed by atoms with Gasteiger partial charge in [-0.1, -0.05) is 0 Å². The topological polar surface area (TPSA) is 89.8 Å². The standard InChI is InChI=1S/C9H10BrN5S/c10-6-2-1-5(16-6)4-13-8-3-7(11)14-9(12)15-8/h1-3H,4H2,(H5,11,12,13,14,15). The molecule has 16 heavy (non-hydrogen) atoms. The molecule has 7 heteroatoms. The smallest absolute Gasteiger partial charge is 0.223 e. The maximum Gasteiger partial charge on any atom is 0.223 e. The molecule has 0 radical (unpaired) electrons. The quantitative estimate of drug-likeness (QED) is 0.807. The molecule has 0 saturated heterocycles. The lowest BCUT2D eigenvalue weighted by molar-refractivity contribution is 1.11. The predicted octanol–water partition coefficient (Wildman–Crippen LogP) is 2.08. The maximum absolute atomic E-state index is 5.56. The first-order valence-electron chi connectivity index (χ1n) is 4.51. The second-order valence-electron chi connectivity index (χ2n) is 3.10. The van der Waals surface area contributed by atoms with E-state index < -0.39 is 0 Å². The highest BCUT2D eigenvalue weighted by molar-refractivity contribution is 9.11. The zero-order valence-corrected chi connectivity index (χ0v) is 10.7. The second kappa shape index (κ2) is 4.67. The van der Waals surface area contributed by atoms with Gasteiger partial charge < -0.3 is 16.8 Å². The van der Waals surface area contributed by atoms with Crippen molar-refractivity contribution >= 4 is 44.9 Å². The molecular formula is C9H10BrN5S. The molecule has 5 nitrogen and oxygen atoms in total. The van der Waals surface area contributed by atoms with Gasteiger partial charge in [-0.15, -0.1) is 11.3 Å². The van der Waals surface area contributed by atoms with Gasteiger partial charge in [0.25, 0.3) is 0 Å². The van der Waals surface area contributed by atoms with E-state index in [1.807, 2.05) is 12.1 Å². The van der Waals surface area contributed by atoms with E-state index in [4.69, 9.17) is 11.5 Å². The molecule has 0 amide bonds. The largest absolute Gasteiger partial charge is 0.383 e. The van der Waals surface area contributed by atoms with E-state index in [2.05, 4.69) is 31.2 Å². The lowest BCUT2D eigenvalue weighted by Gasteiger charge is -2.05. The first kappa shape index (κ1) is 11.2. The molecule has 0 atom stereocenters. The van der Waals surface area contributed by atoms with Crippen molar-refractivity contribution in [3.63, 3.8) is 0 Å². The van der Waals surface area contributed by atoms with E-state index in [1.54, 1.807) is 17.4 Å². The molecule has 0 fully saturated rings. The molecule has 2 aromatic heterocycles. The average Bonchev–Trinajstić information content (AvgIpc) is 2.60. The van der Waals surface area contributed by atoms with Crippen molar-refractivity contribution in [3.05, 3.63) is 26.9 Å². The van der Waals surface area contributed by atoms with Crippen LogP contribution in [0.15, 0.2) is 22.0 Å². The van der Waals surface area contributed by atoms with E-state index in [0.717, 1.165) is 3.79 Å². The lowest BCUT2D eigenvalue weighted by atomic mass is 10.4. The summed E-state index contributed by atoms with van der Waals surface area (Å²) in [5.41, 5.74) is 11.0. The third kappa shape index (κ3) is 2.83. The minimum atomic E-state index is 0.176. The van der Waals surface area contributed by atoms with Gasteiger partial charge >= 0.3 is 0 Å². The Morgan fingerprint density at radius 2 is 2.12 bits per heavy atom. The lowest BCUT2D eigenvalue weighted by Crippen LogP contribution is -2.05. The van der Waals surface area contributed by atoms with E-state index >= 15 is 0 Å². The van der Waals surface area contributed by atoms with Crippen molar-refractivity contribution in [2.24, 2.45) is 0 Å². The third-order valence-corrected chi connectivity index (χ3v) is 3.46. The molecule has 2 heterocycles. The summed E-state index contributed by atoms with van der Waals surface area (Å²) in [7, 11) is 0. The Bertz CT molecular complexity index is 478. The number of hydrogen-bond donors (Lipinski definition) is 3. The number of nitrogens with one attached hydrogen (secondary N) is 1. The number of rotatable bonds is 3. The number of halogens is 1. The summed E-state index contributed by atoms with van der Waals surface area (Å²) < 4.78 is 1.10. The molecule has 0 aliphatic carbocycles. The SMILES string of the molecule is Nc1cc(NCc2ccc(Br)s2)nc(N)n1. The zero-order chi connectivity index (χ0) is 11.5. The molecule has 2 rings (SSSR count). The number of aromatic nitrogens is 2. The molecule has 5 N–H and O–H groups in total. The monoisotopic (exact) mass is 299 g/mol. The Balaban J connectivity index is 2.04. The number of hydrogen-bond acceptors (Lipinski definition) is 6. The summed E-state index contributed by atoms with van der Waals surface area (Å²) in [6, 6.07) is 5.69. The molecule has 0 aromatic carbocycles. The van der Waals surface area contributed by atoms with Crippen LogP contribution in [0.1, 0.15) is 4.88 Å². The van der Waals surface area contributed by atoms with Gasteiger partial charge in [-0.3, -0.25) is 0 Å². The summed E-state index contributed by atoms with van der Waals surface area (Å²) in [4.78, 5) is 9.01. The zero-order valence-electron chi connectivity index (χ0n) is 8.27. The van der Waals surface area contributed by atoms with Gasteiger partial charge in [0.05, 0.1) is 10.3 Å². The van der Waals surface area contributed by atoms with Gasteiger partial charge in [0.1, 0.15) is 11.6 Å². The molecule has 84 valence electrons. The van der Waals surface area contributed by atoms with Crippen molar-refractivity contribution in [3.8, 4) is 0 Å². The number of nitrogens with zero attached hydrogens (tertiary/aromatic N) is 2. The van der Waals surface area contributed by atoms with Gasteiger partial charge in [0.15, 0.2) is 0 Å². The van der Waals surface area contributed by atoms with Crippen molar-refractivity contribution < 1.29 is 0 Å². The third-order valence-electron chi connectivity index (χ3n) is 1.84. The highest BCUT2D eigenvalue weighted by Crippen LogP contribution is 2.22. The van der Waals surface area contributed by atoms with Crippen LogP contribution in [0, 0.1) is 0 Å². The summed E-state index contributed by atoms with van der Waals surface area (Å²) in [5, 5.41) is 3.13. The Hall–Kier alpha value is -1.34. The molecule has 0 aliphatic heterocycles. The Morgan fingerprint density at radius 1 is 1.31 bits per heavy atom. The summed E-state index contributed by atoms with van der Waals surface area (Å²) in [5.74, 6) is 1.17. The van der Waals surface area contributed by atoms with E-state index in [1.165, 1.54) is 4.88 Å². The predicted molar refractivity (Wildman–Crippen MR) is 70.2 cm³/mol. The molecule has 0 spiro atoms. The Kier molecular flexibility index (Phi) is 3.25. The average molecular weight is 300 g/mol. The minimum absolute atomic E-state index is 0.176. The van der Waals surface area contributed by atoms with Gasteiger partial charge in [0.2, 0.25) is 5.95 Å². The number of anilines is 3. The summed E-state index contributed by atoms with van der Waals surface area (Å²) in [6.07, 6.45) is 0. The molecular weight excluding hydrogens is 290 g/mol. The van der Waals surface area contributed by atoms with Crippen molar-refractivity contribution in [1.29, 1.82) is 0 Å². The van der Waals surface area contributed by atoms with Crippen molar-refractivity contribution in [2.45, 2.75) is 6.54 Å². The Morgan fingerprint density at radius 3 is 2.75 bits per heavy atom. The van der Waals surface area contributed by atoms with Crippen LogP contribution >= 0.6 is 27.3 Å². The number of thiophene rings is 1. The first-order chi connectivity index (χ1) is 7.63. The van der Waals surface area contributed by atoms with Crippen LogP contribution in [0.4, 0.5) is 17.6 Å². The molecule has 2 aromatic rings. The minimum Gasteiger partial charge on any atom is -0.383 e. The highest BCUT2D eigenvalue weighted by Gasteiger charge is 2.01. The van der Waals surface area contributed by atoms with Crippen molar-refractivity contribution in [1.82, 2.24) is 9.97 Å². The molecule has 0 saturated carbocycles. The van der Waals surface area contributed by atoms with Crippen LogP contribution in [0.3, 0.4) is 0 Å². The van der Waals surface area contributed by atoms with Gasteiger partial charge in [0, 0.05) is 10.9 Å². The first-order valence-corrected chi connectivity index (χ1v) is 6.12. The van der Waals surface area contributed by atoms with E-state index in [-0.39, 0.29) is 5.95 Å². The second-order valence-corrected chi connectivity index (χ2v) is 5.64. The molecule has 0 bridgehead atoms. The summed E-state index contributed by atoms with van der Waals surface area (Å²) >= 11 is 5.07. The molecule has 0 aliphatic rings. The van der Waals surface area contributed by atoms with Gasteiger partial charge in [-0.05, 0) is 28.1 Å². The van der Waals surface area contributed by atoms with Crippen LogP contribution in [0.5, 0.6) is 0 Å². The van der Waals surface area contributed by atoms with Crippen LogP contribution in [-0.4, -0.2) is 9.97 Å². The maximum atomic E-state index is 5.56. The van der Waals surface area contributed by atoms with E-state index in [0.29, 0.717) is 18.2 Å². The molecule has 0 unspecified atom stereocenters. The fourth-order valence-electron chi connectivity index (χ4n) is 1.20. The summed E-state index contributed by atoms with van der Waals surface area (Å²) in [6.45, 7) is 0.687.